The van der Waals surface area contributed by atoms with Gasteiger partial charge < -0.3 is 15.0 Å². The third-order valence-corrected chi connectivity index (χ3v) is 4.16. The zero-order valence-corrected chi connectivity index (χ0v) is 17.0. The number of guanidine groups is 1. The van der Waals surface area contributed by atoms with Gasteiger partial charge in [-0.1, -0.05) is 38.1 Å². The summed E-state index contributed by atoms with van der Waals surface area (Å²) in [5.74, 6) is 2.48. The Morgan fingerprint density at radius 3 is 2.26 bits per heavy atom. The van der Waals surface area contributed by atoms with Gasteiger partial charge in [-0.2, -0.15) is 0 Å². The average molecular weight is 431 g/mol. The Kier molecular flexibility index (Phi) is 8.91. The van der Waals surface area contributed by atoms with E-state index in [-0.39, 0.29) is 24.0 Å². The van der Waals surface area contributed by atoms with Gasteiger partial charge in [0.25, 0.3) is 0 Å². The molecule has 1 saturated heterocycles. The van der Waals surface area contributed by atoms with E-state index >= 15 is 0 Å². The second-order valence-corrected chi connectivity index (χ2v) is 6.50. The first-order chi connectivity index (χ1) is 10.6. The van der Waals surface area contributed by atoms with Crippen molar-refractivity contribution in [1.29, 1.82) is 0 Å². The SMILES string of the molecule is CN=C(NCc1ccc(COC)cc1)N1CC(C)CC(C)C1.I. The van der Waals surface area contributed by atoms with E-state index in [4.69, 9.17) is 4.74 Å². The number of nitrogens with one attached hydrogen (secondary N) is 1. The number of likely N-dealkylation sites (tertiary alicyclic amines) is 1. The summed E-state index contributed by atoms with van der Waals surface area (Å²) in [6.45, 7) is 8.31. The standard InChI is InChI=1S/C18H29N3O.HI/c1-14-9-15(2)12-21(11-14)18(19-3)20-10-16-5-7-17(8-6-16)13-22-4;/h5-8,14-15H,9-13H2,1-4H3,(H,19,20);1H. The van der Waals surface area contributed by atoms with Crippen molar-refractivity contribution in [2.24, 2.45) is 16.8 Å². The van der Waals surface area contributed by atoms with Crippen molar-refractivity contribution in [3.63, 3.8) is 0 Å². The maximum atomic E-state index is 5.14. The van der Waals surface area contributed by atoms with Crippen molar-refractivity contribution in [2.45, 2.75) is 33.4 Å². The van der Waals surface area contributed by atoms with Crippen LogP contribution in [0.15, 0.2) is 29.3 Å². The van der Waals surface area contributed by atoms with E-state index in [9.17, 15) is 0 Å². The van der Waals surface area contributed by atoms with Gasteiger partial charge in [-0.3, -0.25) is 4.99 Å². The molecule has 130 valence electrons. The third-order valence-electron chi connectivity index (χ3n) is 4.16. The Bertz CT molecular complexity index is 480. The number of rotatable bonds is 4. The van der Waals surface area contributed by atoms with E-state index in [1.54, 1.807) is 7.11 Å². The molecule has 5 heteroatoms. The van der Waals surface area contributed by atoms with Gasteiger partial charge >= 0.3 is 0 Å². The number of piperidine rings is 1. The predicted molar refractivity (Wildman–Crippen MR) is 107 cm³/mol. The molecule has 0 spiro atoms. The summed E-state index contributed by atoms with van der Waals surface area (Å²) in [5.41, 5.74) is 2.47. The molecular formula is C18H30IN3O. The molecule has 1 aromatic rings. The largest absolute Gasteiger partial charge is 0.380 e. The van der Waals surface area contributed by atoms with E-state index in [1.807, 2.05) is 7.05 Å². The second kappa shape index (κ2) is 10.1. The normalized spacial score (nSPS) is 21.7. The molecular weight excluding hydrogens is 401 g/mol. The van der Waals surface area contributed by atoms with Crippen molar-refractivity contribution in [3.8, 4) is 0 Å². The molecule has 0 bridgehead atoms. The molecule has 0 radical (unpaired) electrons. The zero-order chi connectivity index (χ0) is 15.9. The highest BCUT2D eigenvalue weighted by Gasteiger charge is 2.23. The predicted octanol–water partition coefficient (Wildman–Crippen LogP) is 3.50. The minimum absolute atomic E-state index is 0. The molecule has 0 saturated carbocycles. The molecule has 2 unspecified atom stereocenters. The maximum absolute atomic E-state index is 5.14. The minimum atomic E-state index is 0. The fraction of sp³-hybridized carbons (Fsp3) is 0.611. The summed E-state index contributed by atoms with van der Waals surface area (Å²) in [4.78, 5) is 6.84. The molecule has 4 nitrogen and oxygen atoms in total. The number of hydrogen-bond donors (Lipinski definition) is 1. The molecule has 2 atom stereocenters. The van der Waals surface area contributed by atoms with E-state index in [0.29, 0.717) is 6.61 Å². The van der Waals surface area contributed by atoms with Crippen LogP contribution in [0.25, 0.3) is 0 Å². The van der Waals surface area contributed by atoms with Crippen LogP contribution < -0.4 is 5.32 Å². The highest BCUT2D eigenvalue weighted by atomic mass is 127. The maximum Gasteiger partial charge on any atom is 0.193 e. The first-order valence-electron chi connectivity index (χ1n) is 8.14. The third kappa shape index (κ3) is 6.30. The van der Waals surface area contributed by atoms with Crippen LogP contribution in [-0.4, -0.2) is 38.1 Å². The van der Waals surface area contributed by atoms with Crippen LogP contribution in [0.4, 0.5) is 0 Å². The molecule has 1 heterocycles. The Labute approximate surface area is 157 Å². The number of hydrogen-bond acceptors (Lipinski definition) is 2. The summed E-state index contributed by atoms with van der Waals surface area (Å²) < 4.78 is 5.14. The highest BCUT2D eigenvalue weighted by Crippen LogP contribution is 2.20. The second-order valence-electron chi connectivity index (χ2n) is 6.50. The Morgan fingerprint density at radius 1 is 1.17 bits per heavy atom. The van der Waals surface area contributed by atoms with E-state index < -0.39 is 0 Å². The number of aliphatic imine (C=N–C) groups is 1. The van der Waals surface area contributed by atoms with Gasteiger partial charge in [0.05, 0.1) is 6.61 Å². The molecule has 1 aromatic carbocycles. The average Bonchev–Trinajstić information content (AvgIpc) is 2.49. The number of nitrogens with zero attached hydrogens (tertiary/aromatic N) is 2. The van der Waals surface area contributed by atoms with Gasteiger partial charge in [0, 0.05) is 33.8 Å². The summed E-state index contributed by atoms with van der Waals surface area (Å²) in [6.07, 6.45) is 1.31. The van der Waals surface area contributed by atoms with Gasteiger partial charge in [-0.25, -0.2) is 0 Å². The van der Waals surface area contributed by atoms with E-state index in [1.165, 1.54) is 17.5 Å². The number of halogens is 1. The smallest absolute Gasteiger partial charge is 0.193 e. The van der Waals surface area contributed by atoms with Crippen LogP contribution in [0.1, 0.15) is 31.4 Å². The van der Waals surface area contributed by atoms with Gasteiger partial charge in [-0.15, -0.1) is 24.0 Å². The molecule has 1 N–H and O–H groups in total. The van der Waals surface area contributed by atoms with Crippen LogP contribution in [0.3, 0.4) is 0 Å². The number of methoxy groups -OCH3 is 1. The van der Waals surface area contributed by atoms with Gasteiger partial charge in [0.1, 0.15) is 0 Å². The monoisotopic (exact) mass is 431 g/mol. The van der Waals surface area contributed by atoms with Crippen molar-refractivity contribution in [1.82, 2.24) is 10.2 Å². The molecule has 1 aliphatic rings. The molecule has 0 aromatic heterocycles. The first-order valence-corrected chi connectivity index (χ1v) is 8.14. The van der Waals surface area contributed by atoms with E-state index in [2.05, 4.69) is 53.3 Å². The van der Waals surface area contributed by atoms with Crippen LogP contribution in [0.2, 0.25) is 0 Å². The molecule has 0 aliphatic carbocycles. The Morgan fingerprint density at radius 2 is 1.74 bits per heavy atom. The lowest BCUT2D eigenvalue weighted by atomic mass is 9.92. The highest BCUT2D eigenvalue weighted by molar-refractivity contribution is 14.0. The Balaban J connectivity index is 0.00000264. The number of benzene rings is 1. The summed E-state index contributed by atoms with van der Waals surface area (Å²) in [7, 11) is 3.59. The minimum Gasteiger partial charge on any atom is -0.380 e. The summed E-state index contributed by atoms with van der Waals surface area (Å²) >= 11 is 0. The molecule has 23 heavy (non-hydrogen) atoms. The fourth-order valence-electron chi connectivity index (χ4n) is 3.27. The van der Waals surface area contributed by atoms with E-state index in [0.717, 1.165) is 37.4 Å². The Hall–Kier alpha value is -0.820. The van der Waals surface area contributed by atoms with Crippen molar-refractivity contribution in [2.75, 3.05) is 27.2 Å². The quantitative estimate of drug-likeness (QED) is 0.451. The lowest BCUT2D eigenvalue weighted by Crippen LogP contribution is -2.48. The molecule has 2 rings (SSSR count). The van der Waals surface area contributed by atoms with Gasteiger partial charge in [0.2, 0.25) is 0 Å². The molecule has 0 amide bonds. The van der Waals surface area contributed by atoms with Crippen LogP contribution in [0.5, 0.6) is 0 Å². The lowest BCUT2D eigenvalue weighted by Gasteiger charge is -2.37. The molecule has 1 fully saturated rings. The topological polar surface area (TPSA) is 36.9 Å². The number of ether oxygens (including phenoxy) is 1. The van der Waals surface area contributed by atoms with Crippen LogP contribution >= 0.6 is 24.0 Å². The van der Waals surface area contributed by atoms with Gasteiger partial charge in [-0.05, 0) is 29.4 Å². The van der Waals surface area contributed by atoms with Crippen molar-refractivity contribution < 1.29 is 4.74 Å². The van der Waals surface area contributed by atoms with Crippen LogP contribution in [-0.2, 0) is 17.9 Å². The molecule has 1 aliphatic heterocycles. The zero-order valence-electron chi connectivity index (χ0n) is 14.7. The summed E-state index contributed by atoms with van der Waals surface area (Å²) in [5, 5.41) is 3.49. The van der Waals surface area contributed by atoms with Crippen molar-refractivity contribution >= 4 is 29.9 Å². The summed E-state index contributed by atoms with van der Waals surface area (Å²) in [6, 6.07) is 8.54. The van der Waals surface area contributed by atoms with Crippen molar-refractivity contribution in [3.05, 3.63) is 35.4 Å². The fourth-order valence-corrected chi connectivity index (χ4v) is 3.27. The first kappa shape index (κ1) is 20.2. The van der Waals surface area contributed by atoms with Gasteiger partial charge in [0.15, 0.2) is 5.96 Å². The van der Waals surface area contributed by atoms with Crippen LogP contribution in [0, 0.1) is 11.8 Å². The lowest BCUT2D eigenvalue weighted by molar-refractivity contribution is 0.185.